The van der Waals surface area contributed by atoms with Crippen molar-refractivity contribution in [3.63, 3.8) is 0 Å². The number of thiophene rings is 1. The predicted octanol–water partition coefficient (Wildman–Crippen LogP) is 3.95. The van der Waals surface area contributed by atoms with Crippen LogP contribution in [0.3, 0.4) is 0 Å². The molecule has 152 valence electrons. The van der Waals surface area contributed by atoms with Crippen LogP contribution in [-0.2, 0) is 13.0 Å². The summed E-state index contributed by atoms with van der Waals surface area (Å²) < 4.78 is 5.24. The molecule has 2 heterocycles. The van der Waals surface area contributed by atoms with Crippen LogP contribution in [0.4, 0.5) is 5.00 Å². The lowest BCUT2D eigenvalue weighted by Gasteiger charge is -2.26. The lowest BCUT2D eigenvalue weighted by Crippen LogP contribution is -2.31. The van der Waals surface area contributed by atoms with Crippen molar-refractivity contribution < 1.29 is 14.3 Å². The van der Waals surface area contributed by atoms with Crippen LogP contribution in [0.25, 0.3) is 0 Å². The van der Waals surface area contributed by atoms with Crippen LogP contribution < -0.4 is 15.8 Å². The van der Waals surface area contributed by atoms with Crippen molar-refractivity contribution in [2.75, 3.05) is 25.5 Å². The van der Waals surface area contributed by atoms with Crippen LogP contribution in [-0.4, -0.2) is 36.9 Å². The number of ether oxygens (including phenoxy) is 1. The van der Waals surface area contributed by atoms with E-state index in [1.165, 1.54) is 24.5 Å². The van der Waals surface area contributed by atoms with Gasteiger partial charge in [-0.05, 0) is 43.1 Å². The van der Waals surface area contributed by atoms with E-state index in [-0.39, 0.29) is 18.3 Å². The van der Waals surface area contributed by atoms with Gasteiger partial charge in [0.05, 0.1) is 18.2 Å². The van der Waals surface area contributed by atoms with Crippen molar-refractivity contribution in [2.45, 2.75) is 26.3 Å². The molecule has 1 aliphatic heterocycles. The highest BCUT2D eigenvalue weighted by Crippen LogP contribution is 2.37. The van der Waals surface area contributed by atoms with Gasteiger partial charge in [-0.2, -0.15) is 0 Å². The van der Waals surface area contributed by atoms with E-state index in [4.69, 9.17) is 22.1 Å². The van der Waals surface area contributed by atoms with Crippen LogP contribution in [0.5, 0.6) is 5.75 Å². The number of fused-ring (bicyclic) bond motifs is 1. The Morgan fingerprint density at radius 1 is 1.39 bits per heavy atom. The van der Waals surface area contributed by atoms with E-state index >= 15 is 0 Å². The molecule has 28 heavy (non-hydrogen) atoms. The van der Waals surface area contributed by atoms with Gasteiger partial charge in [0.2, 0.25) is 0 Å². The Labute approximate surface area is 179 Å². The number of carbonyl (C=O) groups excluding carboxylic acids is 2. The molecule has 0 atom stereocenters. The van der Waals surface area contributed by atoms with Gasteiger partial charge in [0.25, 0.3) is 11.8 Å². The van der Waals surface area contributed by atoms with Crippen LogP contribution in [0.1, 0.15) is 44.5 Å². The largest absolute Gasteiger partial charge is 0.496 e. The average Bonchev–Trinajstić information content (AvgIpc) is 2.99. The Balaban J connectivity index is 0.00000280. The summed E-state index contributed by atoms with van der Waals surface area (Å²) in [4.78, 5) is 28.3. The summed E-state index contributed by atoms with van der Waals surface area (Å²) in [6, 6.07) is 4.82. The minimum absolute atomic E-state index is 0. The molecule has 0 radical (unpaired) electrons. The van der Waals surface area contributed by atoms with Crippen molar-refractivity contribution in [1.82, 2.24) is 4.90 Å². The molecule has 2 aromatic rings. The highest BCUT2D eigenvalue weighted by Gasteiger charge is 2.28. The quantitative estimate of drug-likeness (QED) is 0.707. The average molecular weight is 444 g/mol. The van der Waals surface area contributed by atoms with E-state index in [0.29, 0.717) is 26.9 Å². The second-order valence-corrected chi connectivity index (χ2v) is 7.94. The molecule has 3 N–H and O–H groups in total. The van der Waals surface area contributed by atoms with Gasteiger partial charge < -0.3 is 15.8 Å². The number of primary amides is 1. The third kappa shape index (κ3) is 4.60. The third-order valence-corrected chi connectivity index (χ3v) is 5.92. The Morgan fingerprint density at radius 2 is 2.14 bits per heavy atom. The zero-order chi connectivity index (χ0) is 19.6. The first-order chi connectivity index (χ1) is 12.9. The van der Waals surface area contributed by atoms with E-state index in [2.05, 4.69) is 17.1 Å². The first-order valence-corrected chi connectivity index (χ1v) is 9.95. The summed E-state index contributed by atoms with van der Waals surface area (Å²) in [7, 11) is 1.49. The summed E-state index contributed by atoms with van der Waals surface area (Å²) in [6.45, 7) is 4.80. The summed E-state index contributed by atoms with van der Waals surface area (Å²) >= 11 is 7.43. The van der Waals surface area contributed by atoms with E-state index in [0.717, 1.165) is 42.9 Å². The first-order valence-electron chi connectivity index (χ1n) is 8.76. The summed E-state index contributed by atoms with van der Waals surface area (Å²) in [5.74, 6) is -0.501. The van der Waals surface area contributed by atoms with Crippen LogP contribution in [0, 0.1) is 0 Å². The summed E-state index contributed by atoms with van der Waals surface area (Å²) in [6.07, 6.45) is 1.82. The molecule has 3 rings (SSSR count). The van der Waals surface area contributed by atoms with Crippen molar-refractivity contribution >= 4 is 52.2 Å². The standard InChI is InChI=1S/C19H22ClN3O3S.ClH/c1-3-7-23-8-6-12-15(10-23)27-19(16(12)17(21)24)22-18(25)13-9-11(20)4-5-14(13)26-2;/h4-5,9H,3,6-8,10H2,1-2H3,(H2,21,24)(H,22,25);1H. The van der Waals surface area contributed by atoms with Crippen LogP contribution >= 0.6 is 35.3 Å². The SMILES string of the molecule is CCCN1CCc2c(sc(NC(=O)c3cc(Cl)ccc3OC)c2C(N)=O)C1.Cl. The maximum atomic E-state index is 12.8. The molecular formula is C19H23Cl2N3O3S. The minimum Gasteiger partial charge on any atom is -0.496 e. The summed E-state index contributed by atoms with van der Waals surface area (Å²) in [5, 5.41) is 3.75. The van der Waals surface area contributed by atoms with Gasteiger partial charge in [-0.3, -0.25) is 14.5 Å². The smallest absolute Gasteiger partial charge is 0.260 e. The number of hydrogen-bond acceptors (Lipinski definition) is 5. The lowest BCUT2D eigenvalue weighted by molar-refractivity contribution is 0.1000. The number of benzene rings is 1. The number of amides is 2. The molecule has 6 nitrogen and oxygen atoms in total. The molecule has 0 unspecified atom stereocenters. The highest BCUT2D eigenvalue weighted by molar-refractivity contribution is 7.17. The number of rotatable bonds is 6. The predicted molar refractivity (Wildman–Crippen MR) is 115 cm³/mol. The fourth-order valence-electron chi connectivity index (χ4n) is 3.34. The fraction of sp³-hybridized carbons (Fsp3) is 0.368. The van der Waals surface area contributed by atoms with Crippen LogP contribution in [0.2, 0.25) is 5.02 Å². The Kier molecular flexibility index (Phi) is 7.71. The van der Waals surface area contributed by atoms with Crippen LogP contribution in [0.15, 0.2) is 18.2 Å². The first kappa shape index (κ1) is 22.5. The van der Waals surface area contributed by atoms with Crippen molar-refractivity contribution in [3.05, 3.63) is 44.8 Å². The van der Waals surface area contributed by atoms with Gasteiger partial charge in [0.1, 0.15) is 10.8 Å². The van der Waals surface area contributed by atoms with Crippen molar-refractivity contribution in [2.24, 2.45) is 5.73 Å². The van der Waals surface area contributed by atoms with Gasteiger partial charge in [0, 0.05) is 23.0 Å². The molecular weight excluding hydrogens is 421 g/mol. The zero-order valence-corrected chi connectivity index (χ0v) is 18.1. The Morgan fingerprint density at radius 3 is 2.79 bits per heavy atom. The molecule has 0 spiro atoms. The number of methoxy groups -OCH3 is 1. The fourth-order valence-corrected chi connectivity index (χ4v) is 4.80. The zero-order valence-electron chi connectivity index (χ0n) is 15.7. The molecule has 9 heteroatoms. The normalized spacial score (nSPS) is 13.4. The number of nitrogens with two attached hydrogens (primary N) is 1. The third-order valence-electron chi connectivity index (χ3n) is 4.56. The van der Waals surface area contributed by atoms with E-state index in [9.17, 15) is 9.59 Å². The number of nitrogens with zero attached hydrogens (tertiary/aromatic N) is 1. The molecule has 0 saturated carbocycles. The maximum absolute atomic E-state index is 12.8. The van der Waals surface area contributed by atoms with Gasteiger partial charge in [-0.1, -0.05) is 18.5 Å². The van der Waals surface area contributed by atoms with Gasteiger partial charge >= 0.3 is 0 Å². The van der Waals surface area contributed by atoms with E-state index in [1.807, 2.05) is 0 Å². The molecule has 0 fully saturated rings. The number of anilines is 1. The van der Waals surface area contributed by atoms with E-state index < -0.39 is 5.91 Å². The topological polar surface area (TPSA) is 84.7 Å². The number of halogens is 2. The Hall–Kier alpha value is -1.80. The molecule has 1 aromatic heterocycles. The van der Waals surface area contributed by atoms with Gasteiger partial charge in [-0.15, -0.1) is 23.7 Å². The monoisotopic (exact) mass is 443 g/mol. The molecule has 0 aliphatic carbocycles. The summed E-state index contributed by atoms with van der Waals surface area (Å²) in [5.41, 5.74) is 7.30. The second-order valence-electron chi connectivity index (χ2n) is 6.40. The van der Waals surface area contributed by atoms with Gasteiger partial charge in [0.15, 0.2) is 0 Å². The second kappa shape index (κ2) is 9.60. The molecule has 0 saturated heterocycles. The molecule has 1 aromatic carbocycles. The number of carbonyl (C=O) groups is 2. The van der Waals surface area contributed by atoms with Crippen molar-refractivity contribution in [3.8, 4) is 5.75 Å². The lowest BCUT2D eigenvalue weighted by atomic mass is 10.0. The molecule has 1 aliphatic rings. The van der Waals surface area contributed by atoms with Gasteiger partial charge in [-0.25, -0.2) is 0 Å². The number of hydrogen-bond donors (Lipinski definition) is 2. The number of nitrogens with one attached hydrogen (secondary N) is 1. The maximum Gasteiger partial charge on any atom is 0.260 e. The Bertz CT molecular complexity index is 886. The molecule has 2 amide bonds. The molecule has 0 bridgehead atoms. The minimum atomic E-state index is -0.523. The van der Waals surface area contributed by atoms with E-state index in [1.54, 1.807) is 12.1 Å². The highest BCUT2D eigenvalue weighted by atomic mass is 35.5. The van der Waals surface area contributed by atoms with Crippen molar-refractivity contribution in [1.29, 1.82) is 0 Å².